The molecule has 2 amide bonds. The molecule has 0 atom stereocenters. The largest absolute Gasteiger partial charge is 0.497 e. The van der Waals surface area contributed by atoms with E-state index in [0.717, 1.165) is 53.6 Å². The number of aryl methyl sites for hydroxylation is 1. The number of rotatable bonds is 8. The zero-order valence-electron chi connectivity index (χ0n) is 19.3. The molecule has 35 heavy (non-hydrogen) atoms. The molecule has 9 heteroatoms. The van der Waals surface area contributed by atoms with E-state index in [0.29, 0.717) is 22.3 Å². The number of carbonyl (C=O) groups excluding carboxylic acids is 2. The van der Waals surface area contributed by atoms with Crippen LogP contribution in [0.1, 0.15) is 39.2 Å². The van der Waals surface area contributed by atoms with Gasteiger partial charge in [-0.1, -0.05) is 42.1 Å². The van der Waals surface area contributed by atoms with E-state index >= 15 is 0 Å². The number of carbonyl (C=O) groups is 2. The number of thioether (sulfide) groups is 1. The van der Waals surface area contributed by atoms with Gasteiger partial charge >= 0.3 is 0 Å². The fourth-order valence-corrected chi connectivity index (χ4v) is 6.21. The summed E-state index contributed by atoms with van der Waals surface area (Å²) in [6, 6.07) is 15.4. The van der Waals surface area contributed by atoms with E-state index in [9.17, 15) is 9.59 Å². The van der Waals surface area contributed by atoms with Crippen LogP contribution >= 0.6 is 23.1 Å². The number of H-pyrrole nitrogens is 1. The normalized spacial score (nSPS) is 12.8. The molecule has 2 aromatic heterocycles. The van der Waals surface area contributed by atoms with E-state index in [1.807, 2.05) is 48.5 Å². The lowest BCUT2D eigenvalue weighted by atomic mass is 9.95. The highest BCUT2D eigenvalue weighted by Crippen LogP contribution is 2.38. The number of imidazole rings is 1. The number of ether oxygens (including phenoxy) is 1. The number of thiophene rings is 1. The number of hydrogen-bond acceptors (Lipinski definition) is 6. The van der Waals surface area contributed by atoms with Crippen molar-refractivity contribution >= 4 is 50.9 Å². The molecule has 1 aliphatic carbocycles. The number of methoxy groups -OCH3 is 1. The Kier molecular flexibility index (Phi) is 7.06. The highest BCUT2D eigenvalue weighted by atomic mass is 32.2. The molecule has 5 rings (SSSR count). The van der Waals surface area contributed by atoms with Gasteiger partial charge in [0.05, 0.1) is 29.5 Å². The van der Waals surface area contributed by atoms with Gasteiger partial charge in [-0.25, -0.2) is 4.98 Å². The number of aromatic amines is 1. The quantitative estimate of drug-likeness (QED) is 0.287. The van der Waals surface area contributed by atoms with Gasteiger partial charge in [-0.15, -0.1) is 11.3 Å². The molecule has 7 nitrogen and oxygen atoms in total. The Labute approximate surface area is 211 Å². The molecule has 0 radical (unpaired) electrons. The van der Waals surface area contributed by atoms with Crippen LogP contribution in [0.25, 0.3) is 11.0 Å². The third kappa shape index (κ3) is 5.36. The molecule has 3 N–H and O–H groups in total. The van der Waals surface area contributed by atoms with Crippen molar-refractivity contribution in [2.45, 2.75) is 37.4 Å². The summed E-state index contributed by atoms with van der Waals surface area (Å²) >= 11 is 2.86. The molecule has 2 aromatic carbocycles. The van der Waals surface area contributed by atoms with Crippen LogP contribution in [0.2, 0.25) is 0 Å². The lowest BCUT2D eigenvalue weighted by Gasteiger charge is -2.13. The van der Waals surface area contributed by atoms with Crippen LogP contribution in [0, 0.1) is 0 Å². The van der Waals surface area contributed by atoms with Gasteiger partial charge in [-0.05, 0) is 48.9 Å². The van der Waals surface area contributed by atoms with Crippen molar-refractivity contribution in [2.75, 3.05) is 18.2 Å². The van der Waals surface area contributed by atoms with Crippen molar-refractivity contribution in [3.05, 3.63) is 70.1 Å². The summed E-state index contributed by atoms with van der Waals surface area (Å²) in [5.74, 6) is 0.631. The second-order valence-electron chi connectivity index (χ2n) is 8.35. The molecule has 180 valence electrons. The minimum absolute atomic E-state index is 0.137. The molecule has 0 spiro atoms. The molecule has 0 bridgehead atoms. The van der Waals surface area contributed by atoms with E-state index in [1.54, 1.807) is 7.11 Å². The highest BCUT2D eigenvalue weighted by molar-refractivity contribution is 7.99. The number of fused-ring (bicyclic) bond motifs is 2. The van der Waals surface area contributed by atoms with Crippen LogP contribution in [-0.4, -0.2) is 34.6 Å². The maximum atomic E-state index is 13.2. The van der Waals surface area contributed by atoms with Crippen molar-refractivity contribution in [2.24, 2.45) is 0 Å². The number of anilines is 1. The Balaban J connectivity index is 1.28. The first-order valence-corrected chi connectivity index (χ1v) is 13.3. The van der Waals surface area contributed by atoms with Crippen LogP contribution in [0.4, 0.5) is 5.00 Å². The number of nitrogens with zero attached hydrogens (tertiary/aromatic N) is 1. The first-order valence-electron chi connectivity index (χ1n) is 11.5. The minimum Gasteiger partial charge on any atom is -0.497 e. The minimum atomic E-state index is -0.163. The molecular weight excluding hydrogens is 480 g/mol. The summed E-state index contributed by atoms with van der Waals surface area (Å²) in [5, 5.41) is 7.34. The maximum Gasteiger partial charge on any atom is 0.254 e. The molecule has 0 fully saturated rings. The Bertz CT molecular complexity index is 1360. The van der Waals surface area contributed by atoms with Gasteiger partial charge in [-0.2, -0.15) is 0 Å². The van der Waals surface area contributed by atoms with Gasteiger partial charge in [0.15, 0.2) is 5.16 Å². The molecule has 2 heterocycles. The van der Waals surface area contributed by atoms with E-state index in [-0.39, 0.29) is 17.6 Å². The van der Waals surface area contributed by atoms with Crippen molar-refractivity contribution in [1.29, 1.82) is 0 Å². The molecule has 4 aromatic rings. The Morgan fingerprint density at radius 3 is 2.80 bits per heavy atom. The number of benzene rings is 2. The Morgan fingerprint density at radius 1 is 1.14 bits per heavy atom. The lowest BCUT2D eigenvalue weighted by molar-refractivity contribution is -0.113. The molecular formula is C26H26N4O3S2. The molecule has 1 aliphatic rings. The summed E-state index contributed by atoms with van der Waals surface area (Å²) in [6.45, 7) is 0.449. The second kappa shape index (κ2) is 10.5. The van der Waals surface area contributed by atoms with Crippen molar-refractivity contribution < 1.29 is 14.3 Å². The predicted octanol–water partition coefficient (Wildman–Crippen LogP) is 5.17. The summed E-state index contributed by atoms with van der Waals surface area (Å²) in [7, 11) is 1.62. The monoisotopic (exact) mass is 506 g/mol. The van der Waals surface area contributed by atoms with E-state index in [1.165, 1.54) is 28.0 Å². The van der Waals surface area contributed by atoms with Crippen molar-refractivity contribution in [3.63, 3.8) is 0 Å². The Morgan fingerprint density at radius 2 is 1.97 bits per heavy atom. The first kappa shape index (κ1) is 23.4. The molecule has 0 unspecified atom stereocenters. The summed E-state index contributed by atoms with van der Waals surface area (Å²) in [4.78, 5) is 35.0. The summed E-state index contributed by atoms with van der Waals surface area (Å²) in [5.41, 5.74) is 4.42. The van der Waals surface area contributed by atoms with Crippen molar-refractivity contribution in [1.82, 2.24) is 15.3 Å². The summed E-state index contributed by atoms with van der Waals surface area (Å²) < 4.78 is 5.25. The zero-order valence-corrected chi connectivity index (χ0v) is 21.0. The van der Waals surface area contributed by atoms with Crippen LogP contribution < -0.4 is 15.4 Å². The van der Waals surface area contributed by atoms with E-state index in [2.05, 4.69) is 20.6 Å². The summed E-state index contributed by atoms with van der Waals surface area (Å²) in [6.07, 6.45) is 3.99. The van der Waals surface area contributed by atoms with Gasteiger partial charge < -0.3 is 20.4 Å². The lowest BCUT2D eigenvalue weighted by Crippen LogP contribution is -2.25. The molecule has 0 aliphatic heterocycles. The third-order valence-electron chi connectivity index (χ3n) is 5.95. The van der Waals surface area contributed by atoms with Gasteiger partial charge in [0.25, 0.3) is 5.91 Å². The fourth-order valence-electron chi connectivity index (χ4n) is 4.22. The number of nitrogens with one attached hydrogen (secondary N) is 3. The SMILES string of the molecule is COc1ccc2nc(SCC(=O)Nc3sc4c(c3C(=O)NCc3ccccc3)CCCC4)[nH]c2c1. The average Bonchev–Trinajstić information content (AvgIpc) is 3.46. The van der Waals surface area contributed by atoms with Gasteiger partial charge in [-0.3, -0.25) is 9.59 Å². The van der Waals surface area contributed by atoms with Gasteiger partial charge in [0.1, 0.15) is 10.8 Å². The fraction of sp³-hybridized carbons (Fsp3) is 0.269. The zero-order chi connectivity index (χ0) is 24.2. The number of amides is 2. The number of hydrogen-bond donors (Lipinski definition) is 3. The highest BCUT2D eigenvalue weighted by Gasteiger charge is 2.26. The van der Waals surface area contributed by atoms with Crippen LogP contribution in [-0.2, 0) is 24.2 Å². The topological polar surface area (TPSA) is 96.1 Å². The predicted molar refractivity (Wildman–Crippen MR) is 141 cm³/mol. The molecule has 0 saturated heterocycles. The standard InChI is InChI=1S/C26H26N4O3S2/c1-33-17-11-12-19-20(13-17)29-26(28-19)34-15-22(31)30-25-23(18-9-5-6-10-21(18)35-25)24(32)27-14-16-7-3-2-4-8-16/h2-4,7-8,11-13H,5-6,9-10,14-15H2,1H3,(H,27,32)(H,28,29)(H,30,31). The Hall–Kier alpha value is -3.30. The van der Waals surface area contributed by atoms with E-state index < -0.39 is 0 Å². The van der Waals surface area contributed by atoms with Crippen LogP contribution in [0.3, 0.4) is 0 Å². The number of aromatic nitrogens is 2. The van der Waals surface area contributed by atoms with Crippen LogP contribution in [0.5, 0.6) is 5.75 Å². The first-order chi connectivity index (χ1) is 17.1. The smallest absolute Gasteiger partial charge is 0.254 e. The third-order valence-corrected chi connectivity index (χ3v) is 8.04. The molecule has 0 saturated carbocycles. The second-order valence-corrected chi connectivity index (χ2v) is 10.4. The maximum absolute atomic E-state index is 13.2. The van der Waals surface area contributed by atoms with Gasteiger partial charge in [0.2, 0.25) is 5.91 Å². The van der Waals surface area contributed by atoms with E-state index in [4.69, 9.17) is 4.74 Å². The van der Waals surface area contributed by atoms with Gasteiger partial charge in [0, 0.05) is 17.5 Å². The van der Waals surface area contributed by atoms with Crippen molar-refractivity contribution in [3.8, 4) is 5.75 Å². The van der Waals surface area contributed by atoms with Crippen LogP contribution in [0.15, 0.2) is 53.7 Å². The average molecular weight is 507 g/mol.